The van der Waals surface area contributed by atoms with Gasteiger partial charge in [-0.1, -0.05) is 0 Å². The molecule has 0 saturated heterocycles. The molecule has 0 aliphatic heterocycles. The molecule has 2 aromatic rings. The molecular weight excluding hydrogens is 238 g/mol. The standard InChI is InChI=1S/C14H23N5/c1-14(2,3)16-10-13-9-15-11-19(13)8-6-12-5-7-18(4)17-12/h5,7,9,11,16H,6,8,10H2,1-4H3. The van der Waals surface area contributed by atoms with Crippen molar-refractivity contribution in [3.05, 3.63) is 36.2 Å². The van der Waals surface area contributed by atoms with E-state index in [1.165, 1.54) is 5.69 Å². The minimum atomic E-state index is 0.121. The quantitative estimate of drug-likeness (QED) is 0.892. The van der Waals surface area contributed by atoms with Crippen LogP contribution in [0.25, 0.3) is 0 Å². The van der Waals surface area contributed by atoms with Crippen molar-refractivity contribution >= 4 is 0 Å². The first kappa shape index (κ1) is 13.8. The molecule has 2 heterocycles. The van der Waals surface area contributed by atoms with Crippen molar-refractivity contribution in [1.82, 2.24) is 24.6 Å². The fraction of sp³-hybridized carbons (Fsp3) is 0.571. The molecule has 104 valence electrons. The van der Waals surface area contributed by atoms with Crippen molar-refractivity contribution in [3.63, 3.8) is 0 Å². The summed E-state index contributed by atoms with van der Waals surface area (Å²) in [6.07, 6.45) is 6.73. The smallest absolute Gasteiger partial charge is 0.0948 e. The van der Waals surface area contributed by atoms with E-state index < -0.39 is 0 Å². The summed E-state index contributed by atoms with van der Waals surface area (Å²) in [5, 5.41) is 7.88. The van der Waals surface area contributed by atoms with Crippen LogP contribution in [0.3, 0.4) is 0 Å². The Hall–Kier alpha value is -1.62. The first-order valence-electron chi connectivity index (χ1n) is 6.66. The Morgan fingerprint density at radius 1 is 1.32 bits per heavy atom. The Bertz CT molecular complexity index is 518. The van der Waals surface area contributed by atoms with Crippen LogP contribution in [0.5, 0.6) is 0 Å². The van der Waals surface area contributed by atoms with Crippen LogP contribution >= 0.6 is 0 Å². The summed E-state index contributed by atoms with van der Waals surface area (Å²) in [6.45, 7) is 8.26. The Labute approximate surface area is 114 Å². The molecule has 0 unspecified atom stereocenters. The maximum Gasteiger partial charge on any atom is 0.0948 e. The van der Waals surface area contributed by atoms with Crippen molar-refractivity contribution < 1.29 is 0 Å². The van der Waals surface area contributed by atoms with Gasteiger partial charge in [-0.2, -0.15) is 5.10 Å². The summed E-state index contributed by atoms with van der Waals surface area (Å²) in [5.74, 6) is 0. The van der Waals surface area contributed by atoms with Crippen molar-refractivity contribution in [2.45, 2.75) is 45.8 Å². The Morgan fingerprint density at radius 3 is 2.74 bits per heavy atom. The molecular formula is C14H23N5. The van der Waals surface area contributed by atoms with Gasteiger partial charge in [-0.3, -0.25) is 4.68 Å². The third kappa shape index (κ3) is 4.21. The molecule has 0 aliphatic carbocycles. The van der Waals surface area contributed by atoms with E-state index in [2.05, 4.69) is 46.8 Å². The third-order valence-electron chi connectivity index (χ3n) is 2.98. The summed E-state index contributed by atoms with van der Waals surface area (Å²) in [4.78, 5) is 4.24. The van der Waals surface area contributed by atoms with Gasteiger partial charge in [0.15, 0.2) is 0 Å². The molecule has 0 amide bonds. The van der Waals surface area contributed by atoms with Gasteiger partial charge in [-0.25, -0.2) is 4.98 Å². The fourth-order valence-electron chi connectivity index (χ4n) is 1.88. The van der Waals surface area contributed by atoms with Gasteiger partial charge < -0.3 is 9.88 Å². The zero-order chi connectivity index (χ0) is 13.9. The molecule has 2 rings (SSSR count). The van der Waals surface area contributed by atoms with E-state index in [9.17, 15) is 0 Å². The first-order chi connectivity index (χ1) is 8.94. The monoisotopic (exact) mass is 261 g/mol. The minimum Gasteiger partial charge on any atom is -0.333 e. The average Bonchev–Trinajstić information content (AvgIpc) is 2.91. The largest absolute Gasteiger partial charge is 0.333 e. The number of nitrogens with one attached hydrogen (secondary N) is 1. The van der Waals surface area contributed by atoms with E-state index in [4.69, 9.17) is 0 Å². The van der Waals surface area contributed by atoms with Gasteiger partial charge in [-0.15, -0.1) is 0 Å². The van der Waals surface area contributed by atoms with Crippen molar-refractivity contribution in [1.29, 1.82) is 0 Å². The lowest BCUT2D eigenvalue weighted by atomic mass is 10.1. The second-order valence-electron chi connectivity index (χ2n) is 5.91. The summed E-state index contributed by atoms with van der Waals surface area (Å²) in [6, 6.07) is 2.06. The maximum atomic E-state index is 4.39. The van der Waals surface area contributed by atoms with E-state index in [1.54, 1.807) is 0 Å². The number of hydrogen-bond donors (Lipinski definition) is 1. The predicted octanol–water partition coefficient (Wildman–Crippen LogP) is 1.75. The Balaban J connectivity index is 1.92. The number of nitrogens with zero attached hydrogens (tertiary/aromatic N) is 4. The molecule has 2 aromatic heterocycles. The molecule has 0 spiro atoms. The highest BCUT2D eigenvalue weighted by atomic mass is 15.2. The van der Waals surface area contributed by atoms with Gasteiger partial charge >= 0.3 is 0 Å². The number of aromatic nitrogens is 4. The molecule has 0 aliphatic rings. The van der Waals surface area contributed by atoms with E-state index in [-0.39, 0.29) is 5.54 Å². The highest BCUT2D eigenvalue weighted by Gasteiger charge is 2.10. The maximum absolute atomic E-state index is 4.39. The summed E-state index contributed by atoms with van der Waals surface area (Å²) in [7, 11) is 1.94. The second kappa shape index (κ2) is 5.57. The topological polar surface area (TPSA) is 47.7 Å². The van der Waals surface area contributed by atoms with Gasteiger partial charge in [0.05, 0.1) is 17.7 Å². The van der Waals surface area contributed by atoms with E-state index >= 15 is 0 Å². The molecule has 5 nitrogen and oxygen atoms in total. The number of imidazole rings is 1. The van der Waals surface area contributed by atoms with Crippen LogP contribution in [0.4, 0.5) is 0 Å². The van der Waals surface area contributed by atoms with Crippen LogP contribution < -0.4 is 5.32 Å². The summed E-state index contributed by atoms with van der Waals surface area (Å²) in [5.41, 5.74) is 2.45. The van der Waals surface area contributed by atoms with Crippen LogP contribution in [-0.4, -0.2) is 24.9 Å². The Morgan fingerprint density at radius 2 is 2.11 bits per heavy atom. The van der Waals surface area contributed by atoms with Crippen LogP contribution in [0.1, 0.15) is 32.2 Å². The third-order valence-corrected chi connectivity index (χ3v) is 2.98. The molecule has 0 bridgehead atoms. The molecule has 0 radical (unpaired) electrons. The number of hydrogen-bond acceptors (Lipinski definition) is 3. The van der Waals surface area contributed by atoms with Gasteiger partial charge in [0.1, 0.15) is 0 Å². The highest BCUT2D eigenvalue weighted by Crippen LogP contribution is 2.06. The molecule has 19 heavy (non-hydrogen) atoms. The number of aryl methyl sites for hydroxylation is 3. The minimum absolute atomic E-state index is 0.121. The average molecular weight is 261 g/mol. The Kier molecular flexibility index (Phi) is 4.04. The fourth-order valence-corrected chi connectivity index (χ4v) is 1.88. The molecule has 0 saturated carbocycles. The molecule has 0 fully saturated rings. The number of rotatable bonds is 5. The van der Waals surface area contributed by atoms with E-state index in [0.717, 1.165) is 25.2 Å². The van der Waals surface area contributed by atoms with Gasteiger partial charge in [0, 0.05) is 44.5 Å². The van der Waals surface area contributed by atoms with Gasteiger partial charge in [0.25, 0.3) is 0 Å². The second-order valence-corrected chi connectivity index (χ2v) is 5.91. The van der Waals surface area contributed by atoms with Crippen LogP contribution in [0.15, 0.2) is 24.8 Å². The van der Waals surface area contributed by atoms with Gasteiger partial charge in [0.2, 0.25) is 0 Å². The summed E-state index contributed by atoms with van der Waals surface area (Å²) < 4.78 is 4.03. The molecule has 0 atom stereocenters. The highest BCUT2D eigenvalue weighted by molar-refractivity contribution is 5.02. The lowest BCUT2D eigenvalue weighted by Gasteiger charge is -2.20. The van der Waals surface area contributed by atoms with Gasteiger partial charge in [-0.05, 0) is 26.8 Å². The zero-order valence-electron chi connectivity index (χ0n) is 12.2. The molecule has 5 heteroatoms. The normalized spacial score (nSPS) is 12.0. The predicted molar refractivity (Wildman–Crippen MR) is 75.7 cm³/mol. The van der Waals surface area contributed by atoms with E-state index in [1.807, 2.05) is 30.5 Å². The van der Waals surface area contributed by atoms with E-state index in [0.29, 0.717) is 0 Å². The lowest BCUT2D eigenvalue weighted by molar-refractivity contribution is 0.415. The zero-order valence-corrected chi connectivity index (χ0v) is 12.2. The SMILES string of the molecule is Cn1ccc(CCn2cncc2CNC(C)(C)C)n1. The first-order valence-corrected chi connectivity index (χ1v) is 6.66. The molecule has 1 N–H and O–H groups in total. The summed E-state index contributed by atoms with van der Waals surface area (Å²) >= 11 is 0. The van der Waals surface area contributed by atoms with Crippen LogP contribution in [0, 0.1) is 0 Å². The van der Waals surface area contributed by atoms with Crippen molar-refractivity contribution in [2.75, 3.05) is 0 Å². The molecule has 0 aromatic carbocycles. The van der Waals surface area contributed by atoms with Crippen LogP contribution in [0.2, 0.25) is 0 Å². The van der Waals surface area contributed by atoms with Crippen molar-refractivity contribution in [2.24, 2.45) is 7.05 Å². The van der Waals surface area contributed by atoms with Crippen LogP contribution in [-0.2, 0) is 26.6 Å². The van der Waals surface area contributed by atoms with Crippen molar-refractivity contribution in [3.8, 4) is 0 Å². The lowest BCUT2D eigenvalue weighted by Crippen LogP contribution is -2.35.